The summed E-state index contributed by atoms with van der Waals surface area (Å²) in [5, 5.41) is 5.30. The van der Waals surface area contributed by atoms with E-state index in [9.17, 15) is 9.59 Å². The zero-order chi connectivity index (χ0) is 23.0. The molecule has 0 radical (unpaired) electrons. The third-order valence-corrected chi connectivity index (χ3v) is 6.35. The lowest BCUT2D eigenvalue weighted by molar-refractivity contribution is -0.121. The molecule has 0 spiro atoms. The number of aromatic nitrogens is 1. The fraction of sp³-hybridized carbons (Fsp3) is 0.320. The van der Waals surface area contributed by atoms with E-state index in [0.29, 0.717) is 23.2 Å². The topological polar surface area (TPSA) is 71.5 Å². The fourth-order valence-electron chi connectivity index (χ4n) is 3.73. The molecule has 0 atom stereocenters. The van der Waals surface area contributed by atoms with Gasteiger partial charge in [0.15, 0.2) is 5.13 Å². The van der Waals surface area contributed by atoms with Crippen LogP contribution in [-0.4, -0.2) is 30.5 Å². The molecule has 2 aromatic carbocycles. The van der Waals surface area contributed by atoms with Crippen molar-refractivity contribution < 1.29 is 14.3 Å². The van der Waals surface area contributed by atoms with Crippen molar-refractivity contribution in [2.45, 2.75) is 33.1 Å². The van der Waals surface area contributed by atoms with Gasteiger partial charge in [0.2, 0.25) is 5.91 Å². The maximum atomic E-state index is 12.6. The van der Waals surface area contributed by atoms with Crippen LogP contribution in [0.15, 0.2) is 47.8 Å². The van der Waals surface area contributed by atoms with E-state index < -0.39 is 5.41 Å². The van der Waals surface area contributed by atoms with Crippen LogP contribution in [0.2, 0.25) is 0 Å². The molecule has 2 heterocycles. The molecule has 0 bridgehead atoms. The number of likely N-dealkylation sites (N-methyl/N-ethyl adjacent to an activating group) is 1. The second-order valence-corrected chi connectivity index (χ2v) is 9.80. The molecule has 166 valence electrons. The number of rotatable bonds is 6. The predicted molar refractivity (Wildman–Crippen MR) is 129 cm³/mol. The van der Waals surface area contributed by atoms with Gasteiger partial charge in [0.1, 0.15) is 5.75 Å². The van der Waals surface area contributed by atoms with Gasteiger partial charge in [-0.15, -0.1) is 11.3 Å². The lowest BCUT2D eigenvalue weighted by Crippen LogP contribution is -2.33. The first-order valence-electron chi connectivity index (χ1n) is 10.6. The molecule has 2 amide bonds. The number of fused-ring (bicyclic) bond motifs is 1. The Kier molecular flexibility index (Phi) is 5.77. The summed E-state index contributed by atoms with van der Waals surface area (Å²) in [6.07, 6.45) is 0. The molecule has 0 aliphatic carbocycles. The van der Waals surface area contributed by atoms with Gasteiger partial charge in [0.05, 0.1) is 17.7 Å². The number of ether oxygens (including phenoxy) is 1. The molecule has 1 N–H and O–H groups in total. The third kappa shape index (κ3) is 4.12. The Morgan fingerprint density at radius 2 is 1.91 bits per heavy atom. The number of nitrogens with one attached hydrogen (secondary N) is 1. The van der Waals surface area contributed by atoms with E-state index in [2.05, 4.69) is 24.1 Å². The van der Waals surface area contributed by atoms with E-state index in [1.165, 1.54) is 11.3 Å². The van der Waals surface area contributed by atoms with Crippen LogP contribution in [0.4, 0.5) is 10.8 Å². The molecule has 1 aliphatic heterocycles. The molecular weight excluding hydrogens is 422 g/mol. The standard InChI is InChI=1S/C25H27N3O3S/c1-15(2)13-31-18-9-6-16(7-10-18)22(29)27-24-26-20(14-32-24)17-8-11-21-19(12-17)25(3,4)23(30)28(21)5/h6-12,14-15H,13H2,1-5H3,(H,26,27,29). The predicted octanol–water partition coefficient (Wildman–Crippen LogP) is 5.35. The Labute approximate surface area is 192 Å². The maximum Gasteiger partial charge on any atom is 0.257 e. The zero-order valence-electron chi connectivity index (χ0n) is 18.9. The molecule has 0 fully saturated rings. The number of carbonyl (C=O) groups excluding carboxylic acids is 2. The lowest BCUT2D eigenvalue weighted by atomic mass is 9.85. The van der Waals surface area contributed by atoms with Crippen LogP contribution in [0, 0.1) is 5.92 Å². The molecular formula is C25H27N3O3S. The number of carbonyl (C=O) groups is 2. The molecule has 32 heavy (non-hydrogen) atoms. The number of anilines is 2. The largest absolute Gasteiger partial charge is 0.493 e. The van der Waals surface area contributed by atoms with Crippen molar-refractivity contribution in [1.82, 2.24) is 4.98 Å². The Bertz CT molecular complexity index is 1170. The first-order chi connectivity index (χ1) is 15.2. The number of hydrogen-bond donors (Lipinski definition) is 1. The Morgan fingerprint density at radius 3 is 2.59 bits per heavy atom. The van der Waals surface area contributed by atoms with E-state index in [4.69, 9.17) is 4.74 Å². The van der Waals surface area contributed by atoms with Crippen LogP contribution in [0.1, 0.15) is 43.6 Å². The van der Waals surface area contributed by atoms with Gasteiger partial charge >= 0.3 is 0 Å². The van der Waals surface area contributed by atoms with Gasteiger partial charge in [-0.25, -0.2) is 4.98 Å². The van der Waals surface area contributed by atoms with Crippen molar-refractivity contribution in [3.63, 3.8) is 0 Å². The van der Waals surface area contributed by atoms with E-state index in [-0.39, 0.29) is 11.8 Å². The maximum absolute atomic E-state index is 12.6. The van der Waals surface area contributed by atoms with E-state index >= 15 is 0 Å². The van der Waals surface area contributed by atoms with Crippen LogP contribution >= 0.6 is 11.3 Å². The minimum atomic E-state index is -0.571. The first kappa shape index (κ1) is 22.0. The SMILES string of the molecule is CC(C)COc1ccc(C(=O)Nc2nc(-c3ccc4c(c3)C(C)(C)C(=O)N4C)cs2)cc1. The number of benzene rings is 2. The van der Waals surface area contributed by atoms with Crippen molar-refractivity contribution >= 4 is 34.0 Å². The monoisotopic (exact) mass is 449 g/mol. The van der Waals surface area contributed by atoms with Crippen LogP contribution in [0.5, 0.6) is 5.75 Å². The summed E-state index contributed by atoms with van der Waals surface area (Å²) < 4.78 is 5.67. The molecule has 0 saturated heterocycles. The van der Waals surface area contributed by atoms with Gasteiger partial charge in [0, 0.05) is 29.2 Å². The highest BCUT2D eigenvalue weighted by Crippen LogP contribution is 2.42. The van der Waals surface area contributed by atoms with Gasteiger partial charge in [-0.1, -0.05) is 19.9 Å². The number of hydrogen-bond acceptors (Lipinski definition) is 5. The van der Waals surface area contributed by atoms with Crippen molar-refractivity contribution in [1.29, 1.82) is 0 Å². The van der Waals surface area contributed by atoms with Gasteiger partial charge in [-0.3, -0.25) is 14.9 Å². The van der Waals surface area contributed by atoms with Crippen molar-refractivity contribution in [3.05, 3.63) is 59.0 Å². The van der Waals surface area contributed by atoms with Crippen LogP contribution in [0.25, 0.3) is 11.3 Å². The van der Waals surface area contributed by atoms with Crippen molar-refractivity contribution in [3.8, 4) is 17.0 Å². The highest BCUT2D eigenvalue weighted by atomic mass is 32.1. The zero-order valence-corrected chi connectivity index (χ0v) is 19.7. The summed E-state index contributed by atoms with van der Waals surface area (Å²) >= 11 is 1.37. The van der Waals surface area contributed by atoms with Crippen molar-refractivity contribution in [2.75, 3.05) is 23.9 Å². The minimum Gasteiger partial charge on any atom is -0.493 e. The highest BCUT2D eigenvalue weighted by molar-refractivity contribution is 7.14. The van der Waals surface area contributed by atoms with Crippen LogP contribution < -0.4 is 15.0 Å². The van der Waals surface area contributed by atoms with E-state index in [1.54, 1.807) is 36.2 Å². The molecule has 7 heteroatoms. The quantitative estimate of drug-likeness (QED) is 0.551. The average Bonchev–Trinajstić information content (AvgIpc) is 3.30. The smallest absolute Gasteiger partial charge is 0.257 e. The second kappa shape index (κ2) is 8.39. The lowest BCUT2D eigenvalue weighted by Gasteiger charge is -2.16. The van der Waals surface area contributed by atoms with E-state index in [1.807, 2.05) is 37.4 Å². The molecule has 1 aromatic heterocycles. The average molecular weight is 450 g/mol. The molecule has 1 aliphatic rings. The molecule has 3 aromatic rings. The third-order valence-electron chi connectivity index (χ3n) is 5.59. The summed E-state index contributed by atoms with van der Waals surface area (Å²) in [5.74, 6) is 1.05. The van der Waals surface area contributed by atoms with Gasteiger partial charge in [-0.2, -0.15) is 0 Å². The molecule has 0 saturated carbocycles. The summed E-state index contributed by atoms with van der Waals surface area (Å²) in [6.45, 7) is 8.69. The molecule has 0 unspecified atom stereocenters. The fourth-order valence-corrected chi connectivity index (χ4v) is 4.45. The Morgan fingerprint density at radius 1 is 1.19 bits per heavy atom. The van der Waals surface area contributed by atoms with Gasteiger partial charge in [0.25, 0.3) is 5.91 Å². The number of amides is 2. The van der Waals surface area contributed by atoms with Crippen molar-refractivity contribution in [2.24, 2.45) is 5.92 Å². The normalized spacial score (nSPS) is 14.6. The number of thiazole rings is 1. The number of nitrogens with zero attached hydrogens (tertiary/aromatic N) is 2. The molecule has 6 nitrogen and oxygen atoms in total. The van der Waals surface area contributed by atoms with E-state index in [0.717, 1.165) is 28.3 Å². The van der Waals surface area contributed by atoms with Gasteiger partial charge in [-0.05, 0) is 61.7 Å². The summed E-state index contributed by atoms with van der Waals surface area (Å²) in [4.78, 5) is 31.4. The van der Waals surface area contributed by atoms with Gasteiger partial charge < -0.3 is 9.64 Å². The summed E-state index contributed by atoms with van der Waals surface area (Å²) in [7, 11) is 1.80. The summed E-state index contributed by atoms with van der Waals surface area (Å²) in [6, 6.07) is 13.0. The Hall–Kier alpha value is -3.19. The Balaban J connectivity index is 1.48. The summed E-state index contributed by atoms with van der Waals surface area (Å²) in [5.41, 5.74) is 3.57. The minimum absolute atomic E-state index is 0.0801. The highest BCUT2D eigenvalue weighted by Gasteiger charge is 2.42. The van der Waals surface area contributed by atoms with Crippen LogP contribution in [0.3, 0.4) is 0 Å². The van der Waals surface area contributed by atoms with Crippen LogP contribution in [-0.2, 0) is 10.2 Å². The first-order valence-corrected chi connectivity index (χ1v) is 11.5. The second-order valence-electron chi connectivity index (χ2n) is 8.94. The molecule has 4 rings (SSSR count).